The first-order valence-corrected chi connectivity index (χ1v) is 5.87. The van der Waals surface area contributed by atoms with Gasteiger partial charge in [0.05, 0.1) is 13.2 Å². The molecule has 0 aromatic carbocycles. The molecule has 90 valence electrons. The molecule has 0 spiro atoms. The Labute approximate surface area is 92.7 Å². The molecule has 4 heteroatoms. The van der Waals surface area contributed by atoms with Crippen molar-refractivity contribution < 1.29 is 9.47 Å². The summed E-state index contributed by atoms with van der Waals surface area (Å²) < 4.78 is 10.3. The normalized spacial score (nSPS) is 23.2. The van der Waals surface area contributed by atoms with Crippen molar-refractivity contribution in [2.75, 3.05) is 46.6 Å². The van der Waals surface area contributed by atoms with Crippen LogP contribution in [-0.2, 0) is 9.47 Å². The molecule has 2 N–H and O–H groups in total. The summed E-state index contributed by atoms with van der Waals surface area (Å²) in [5.74, 6) is 0. The zero-order chi connectivity index (χ0) is 10.9. The molecule has 0 aromatic heterocycles. The average molecular weight is 216 g/mol. The molecule has 15 heavy (non-hydrogen) atoms. The predicted octanol–water partition coefficient (Wildman–Crippen LogP) is 0.463. The molecule has 0 saturated carbocycles. The second-order valence-corrected chi connectivity index (χ2v) is 4.16. The van der Waals surface area contributed by atoms with Crippen LogP contribution in [0.1, 0.15) is 19.3 Å². The fourth-order valence-corrected chi connectivity index (χ4v) is 1.93. The minimum Gasteiger partial charge on any atom is -0.382 e. The monoisotopic (exact) mass is 216 g/mol. The van der Waals surface area contributed by atoms with Gasteiger partial charge in [-0.25, -0.2) is 0 Å². The van der Waals surface area contributed by atoms with Crippen molar-refractivity contribution in [3.05, 3.63) is 0 Å². The molecule has 4 nitrogen and oxygen atoms in total. The van der Waals surface area contributed by atoms with E-state index in [1.165, 1.54) is 19.4 Å². The Bertz CT molecular complexity index is 156. The molecular weight excluding hydrogens is 192 g/mol. The summed E-state index contributed by atoms with van der Waals surface area (Å²) in [6.45, 7) is 5.59. The van der Waals surface area contributed by atoms with E-state index in [1.54, 1.807) is 7.11 Å². The van der Waals surface area contributed by atoms with Crippen LogP contribution in [0.2, 0.25) is 0 Å². The van der Waals surface area contributed by atoms with Crippen LogP contribution in [0.15, 0.2) is 0 Å². The third-order valence-electron chi connectivity index (χ3n) is 2.74. The van der Waals surface area contributed by atoms with Crippen LogP contribution in [0.5, 0.6) is 0 Å². The van der Waals surface area contributed by atoms with E-state index in [1.807, 2.05) is 0 Å². The Morgan fingerprint density at radius 2 is 2.20 bits per heavy atom. The third kappa shape index (κ3) is 6.10. The molecule has 0 radical (unpaired) electrons. The van der Waals surface area contributed by atoms with E-state index < -0.39 is 0 Å². The van der Waals surface area contributed by atoms with Crippen molar-refractivity contribution in [2.45, 2.75) is 25.3 Å². The van der Waals surface area contributed by atoms with Crippen LogP contribution in [0.4, 0.5) is 0 Å². The van der Waals surface area contributed by atoms with Crippen molar-refractivity contribution in [3.63, 3.8) is 0 Å². The Morgan fingerprint density at radius 1 is 1.33 bits per heavy atom. The molecule has 1 fully saturated rings. The molecule has 1 aliphatic heterocycles. The standard InChI is InChI=1S/C11H24N2O2/c1-14-8-9-15-7-3-6-13-5-2-4-11(12)10-13/h11H,2-10,12H2,1H3. The lowest BCUT2D eigenvalue weighted by atomic mass is 10.1. The van der Waals surface area contributed by atoms with Crippen molar-refractivity contribution in [2.24, 2.45) is 5.73 Å². The first-order chi connectivity index (χ1) is 7.33. The van der Waals surface area contributed by atoms with Crippen LogP contribution < -0.4 is 5.73 Å². The van der Waals surface area contributed by atoms with E-state index >= 15 is 0 Å². The molecule has 1 saturated heterocycles. The van der Waals surface area contributed by atoms with Crippen LogP contribution in [0.25, 0.3) is 0 Å². The number of piperidine rings is 1. The molecule has 1 rings (SSSR count). The molecule has 1 atom stereocenters. The summed E-state index contributed by atoms with van der Waals surface area (Å²) in [6.07, 6.45) is 3.52. The summed E-state index contributed by atoms with van der Waals surface area (Å²) in [5, 5.41) is 0. The molecule has 0 aromatic rings. The van der Waals surface area contributed by atoms with Crippen LogP contribution in [0.3, 0.4) is 0 Å². The smallest absolute Gasteiger partial charge is 0.0700 e. The van der Waals surface area contributed by atoms with Gasteiger partial charge in [-0.1, -0.05) is 0 Å². The number of hydrogen-bond acceptors (Lipinski definition) is 4. The second kappa shape index (κ2) is 8.05. The topological polar surface area (TPSA) is 47.7 Å². The van der Waals surface area contributed by atoms with Gasteiger partial charge in [0.2, 0.25) is 0 Å². The van der Waals surface area contributed by atoms with Gasteiger partial charge in [0.25, 0.3) is 0 Å². The quantitative estimate of drug-likeness (QED) is 0.628. The van der Waals surface area contributed by atoms with Gasteiger partial charge in [0, 0.05) is 32.8 Å². The summed E-state index contributed by atoms with van der Waals surface area (Å²) >= 11 is 0. The summed E-state index contributed by atoms with van der Waals surface area (Å²) in [4.78, 5) is 2.44. The molecular formula is C11H24N2O2. The number of rotatable bonds is 7. The zero-order valence-corrected chi connectivity index (χ0v) is 9.78. The van der Waals surface area contributed by atoms with Gasteiger partial charge in [-0.05, 0) is 25.8 Å². The van der Waals surface area contributed by atoms with Gasteiger partial charge >= 0.3 is 0 Å². The van der Waals surface area contributed by atoms with Gasteiger partial charge in [0.15, 0.2) is 0 Å². The van der Waals surface area contributed by atoms with E-state index in [-0.39, 0.29) is 0 Å². The number of likely N-dealkylation sites (tertiary alicyclic amines) is 1. The van der Waals surface area contributed by atoms with E-state index in [0.29, 0.717) is 19.3 Å². The number of hydrogen-bond donors (Lipinski definition) is 1. The number of nitrogens with two attached hydrogens (primary N) is 1. The highest BCUT2D eigenvalue weighted by molar-refractivity contribution is 4.74. The Balaban J connectivity index is 1.90. The maximum Gasteiger partial charge on any atom is 0.0700 e. The minimum absolute atomic E-state index is 0.383. The van der Waals surface area contributed by atoms with Crippen molar-refractivity contribution in [3.8, 4) is 0 Å². The summed E-state index contributed by atoms with van der Waals surface area (Å²) in [6, 6.07) is 0.383. The molecule has 0 bridgehead atoms. The van der Waals surface area contributed by atoms with Gasteiger partial charge in [-0.3, -0.25) is 0 Å². The highest BCUT2D eigenvalue weighted by Crippen LogP contribution is 2.08. The Kier molecular flexibility index (Phi) is 6.92. The molecule has 0 amide bonds. The third-order valence-corrected chi connectivity index (χ3v) is 2.74. The van der Waals surface area contributed by atoms with Crippen LogP contribution >= 0.6 is 0 Å². The fraction of sp³-hybridized carbons (Fsp3) is 1.00. The Morgan fingerprint density at radius 3 is 2.93 bits per heavy atom. The lowest BCUT2D eigenvalue weighted by Crippen LogP contribution is -2.43. The lowest BCUT2D eigenvalue weighted by Gasteiger charge is -2.30. The average Bonchev–Trinajstić information content (AvgIpc) is 2.23. The number of methoxy groups -OCH3 is 1. The predicted molar refractivity (Wildman–Crippen MR) is 61.0 cm³/mol. The Hall–Kier alpha value is -0.160. The highest BCUT2D eigenvalue weighted by Gasteiger charge is 2.15. The van der Waals surface area contributed by atoms with Gasteiger partial charge in [-0.15, -0.1) is 0 Å². The zero-order valence-electron chi connectivity index (χ0n) is 9.78. The maximum atomic E-state index is 5.91. The number of ether oxygens (including phenoxy) is 2. The fourth-order valence-electron chi connectivity index (χ4n) is 1.93. The summed E-state index contributed by atoms with van der Waals surface area (Å²) in [5.41, 5.74) is 5.91. The van der Waals surface area contributed by atoms with Crippen molar-refractivity contribution in [1.29, 1.82) is 0 Å². The van der Waals surface area contributed by atoms with Crippen molar-refractivity contribution in [1.82, 2.24) is 4.90 Å². The highest BCUT2D eigenvalue weighted by atomic mass is 16.5. The van der Waals surface area contributed by atoms with Crippen LogP contribution in [0, 0.1) is 0 Å². The summed E-state index contributed by atoms with van der Waals surface area (Å²) in [7, 11) is 1.69. The first kappa shape index (κ1) is 12.9. The van der Waals surface area contributed by atoms with Gasteiger partial charge < -0.3 is 20.1 Å². The molecule has 0 aliphatic carbocycles. The second-order valence-electron chi connectivity index (χ2n) is 4.16. The molecule has 1 unspecified atom stereocenters. The van der Waals surface area contributed by atoms with E-state index in [9.17, 15) is 0 Å². The lowest BCUT2D eigenvalue weighted by molar-refractivity contribution is 0.0637. The minimum atomic E-state index is 0.383. The first-order valence-electron chi connectivity index (χ1n) is 5.87. The van der Waals surface area contributed by atoms with Crippen LogP contribution in [-0.4, -0.2) is 57.5 Å². The molecule has 1 aliphatic rings. The molecule has 1 heterocycles. The van der Waals surface area contributed by atoms with Gasteiger partial charge in [-0.2, -0.15) is 0 Å². The maximum absolute atomic E-state index is 5.91. The van der Waals surface area contributed by atoms with Gasteiger partial charge in [0.1, 0.15) is 0 Å². The largest absolute Gasteiger partial charge is 0.382 e. The van der Waals surface area contributed by atoms with E-state index in [2.05, 4.69) is 4.90 Å². The SMILES string of the molecule is COCCOCCCN1CCCC(N)C1. The van der Waals surface area contributed by atoms with E-state index in [0.717, 1.165) is 26.1 Å². The van der Waals surface area contributed by atoms with E-state index in [4.69, 9.17) is 15.2 Å². The number of nitrogens with zero attached hydrogens (tertiary/aromatic N) is 1. The van der Waals surface area contributed by atoms with Crippen molar-refractivity contribution >= 4 is 0 Å².